The van der Waals surface area contributed by atoms with Crippen LogP contribution in [0.4, 0.5) is 11.5 Å². The largest absolute Gasteiger partial charge is 0.481 e. The molecule has 0 atom stereocenters. The van der Waals surface area contributed by atoms with E-state index >= 15 is 0 Å². The molecule has 1 saturated carbocycles. The van der Waals surface area contributed by atoms with Crippen LogP contribution in [0.1, 0.15) is 31.2 Å². The second kappa shape index (κ2) is 5.44. The molecular formula is C13H17N3O4. The van der Waals surface area contributed by atoms with Crippen molar-refractivity contribution in [2.24, 2.45) is 5.41 Å². The number of carboxylic acid groups (broad SMARTS) is 1. The summed E-state index contributed by atoms with van der Waals surface area (Å²) in [7, 11) is 0. The lowest BCUT2D eigenvalue weighted by atomic mass is 9.66. The maximum Gasteiger partial charge on any atom is 0.303 e. The van der Waals surface area contributed by atoms with Gasteiger partial charge < -0.3 is 10.4 Å². The van der Waals surface area contributed by atoms with Crippen LogP contribution < -0.4 is 5.32 Å². The maximum absolute atomic E-state index is 10.9. The number of nitrogens with one attached hydrogen (secondary N) is 1. The highest BCUT2D eigenvalue weighted by Crippen LogP contribution is 2.43. The minimum atomic E-state index is -0.792. The fourth-order valence-corrected chi connectivity index (χ4v) is 2.53. The van der Waals surface area contributed by atoms with Crippen molar-refractivity contribution < 1.29 is 14.8 Å². The van der Waals surface area contributed by atoms with E-state index in [1.54, 1.807) is 13.0 Å². The van der Waals surface area contributed by atoms with Crippen LogP contribution in [0.25, 0.3) is 0 Å². The lowest BCUT2D eigenvalue weighted by molar-refractivity contribution is -0.385. The first-order valence-electron chi connectivity index (χ1n) is 6.49. The summed E-state index contributed by atoms with van der Waals surface area (Å²) in [5.74, 6) is -0.246. The minimum absolute atomic E-state index is 0.0144. The zero-order valence-electron chi connectivity index (χ0n) is 11.3. The number of carbonyl (C=O) groups is 1. The SMILES string of the molecule is Cc1cc(NCC2(CC(=O)O)CCC2)ncc1[N+](=O)[O-]. The van der Waals surface area contributed by atoms with Gasteiger partial charge in [-0.1, -0.05) is 6.42 Å². The Hall–Kier alpha value is -2.18. The zero-order chi connectivity index (χ0) is 14.8. The number of nitro groups is 1. The molecule has 1 aliphatic carbocycles. The summed E-state index contributed by atoms with van der Waals surface area (Å²) < 4.78 is 0. The van der Waals surface area contributed by atoms with E-state index in [1.807, 2.05) is 0 Å². The lowest BCUT2D eigenvalue weighted by Gasteiger charge is -2.41. The number of carboxylic acids is 1. The summed E-state index contributed by atoms with van der Waals surface area (Å²) >= 11 is 0. The Morgan fingerprint density at radius 2 is 2.30 bits per heavy atom. The van der Waals surface area contributed by atoms with Gasteiger partial charge in [0.2, 0.25) is 0 Å². The number of aromatic nitrogens is 1. The molecule has 7 nitrogen and oxygen atoms in total. The first-order chi connectivity index (χ1) is 9.42. The topological polar surface area (TPSA) is 105 Å². The smallest absolute Gasteiger partial charge is 0.303 e. The fourth-order valence-electron chi connectivity index (χ4n) is 2.53. The quantitative estimate of drug-likeness (QED) is 0.611. The summed E-state index contributed by atoms with van der Waals surface area (Å²) in [5.41, 5.74) is 0.316. The molecule has 0 aromatic carbocycles. The standard InChI is InChI=1S/C13H17N3O4/c1-9-5-11(14-7-10(9)16(19)20)15-8-13(3-2-4-13)6-12(17)18/h5,7H,2-4,6,8H2,1H3,(H,14,15)(H,17,18). The summed E-state index contributed by atoms with van der Waals surface area (Å²) in [5, 5.41) is 22.7. The molecule has 0 bridgehead atoms. The van der Waals surface area contributed by atoms with Gasteiger partial charge in [0.1, 0.15) is 12.0 Å². The van der Waals surface area contributed by atoms with Gasteiger partial charge in [0.05, 0.1) is 11.3 Å². The monoisotopic (exact) mass is 279 g/mol. The van der Waals surface area contributed by atoms with Crippen molar-refractivity contribution in [1.82, 2.24) is 4.98 Å². The van der Waals surface area contributed by atoms with Crippen LogP contribution in [0.3, 0.4) is 0 Å². The third-order valence-corrected chi connectivity index (χ3v) is 3.86. The second-order valence-corrected chi connectivity index (χ2v) is 5.39. The molecule has 7 heteroatoms. The molecule has 1 aliphatic rings. The van der Waals surface area contributed by atoms with E-state index in [2.05, 4.69) is 10.3 Å². The number of hydrogen-bond acceptors (Lipinski definition) is 5. The molecule has 20 heavy (non-hydrogen) atoms. The Morgan fingerprint density at radius 1 is 1.60 bits per heavy atom. The molecule has 108 valence electrons. The highest BCUT2D eigenvalue weighted by atomic mass is 16.6. The summed E-state index contributed by atoms with van der Waals surface area (Å²) in [6, 6.07) is 1.62. The van der Waals surface area contributed by atoms with Crippen LogP contribution in [0.5, 0.6) is 0 Å². The average Bonchev–Trinajstić information content (AvgIpc) is 2.31. The van der Waals surface area contributed by atoms with E-state index in [9.17, 15) is 14.9 Å². The Labute approximate surface area is 116 Å². The van der Waals surface area contributed by atoms with Crippen molar-refractivity contribution in [3.63, 3.8) is 0 Å². The van der Waals surface area contributed by atoms with E-state index in [0.717, 1.165) is 19.3 Å². The molecule has 1 fully saturated rings. The number of nitrogens with zero attached hydrogens (tertiary/aromatic N) is 2. The van der Waals surface area contributed by atoms with E-state index in [0.29, 0.717) is 17.9 Å². The van der Waals surface area contributed by atoms with Gasteiger partial charge in [-0.05, 0) is 31.2 Å². The lowest BCUT2D eigenvalue weighted by Crippen LogP contribution is -2.38. The van der Waals surface area contributed by atoms with Crippen molar-refractivity contribution in [2.75, 3.05) is 11.9 Å². The molecule has 2 N–H and O–H groups in total. The van der Waals surface area contributed by atoms with Crippen molar-refractivity contribution in [3.8, 4) is 0 Å². The number of rotatable bonds is 6. The predicted octanol–water partition coefficient (Wildman–Crippen LogP) is 2.36. The van der Waals surface area contributed by atoms with Crippen LogP contribution >= 0.6 is 0 Å². The first-order valence-corrected chi connectivity index (χ1v) is 6.49. The highest BCUT2D eigenvalue weighted by molar-refractivity contribution is 5.68. The minimum Gasteiger partial charge on any atom is -0.481 e. The molecule has 2 rings (SSSR count). The molecule has 0 spiro atoms. The van der Waals surface area contributed by atoms with Crippen LogP contribution in [-0.4, -0.2) is 27.5 Å². The zero-order valence-corrected chi connectivity index (χ0v) is 11.3. The van der Waals surface area contributed by atoms with Gasteiger partial charge in [-0.3, -0.25) is 14.9 Å². The van der Waals surface area contributed by atoms with Crippen molar-refractivity contribution >= 4 is 17.5 Å². The van der Waals surface area contributed by atoms with E-state index in [-0.39, 0.29) is 17.5 Å². The van der Waals surface area contributed by atoms with Gasteiger partial charge in [0, 0.05) is 12.1 Å². The van der Waals surface area contributed by atoms with Gasteiger partial charge in [-0.2, -0.15) is 0 Å². The third-order valence-electron chi connectivity index (χ3n) is 3.86. The summed E-state index contributed by atoms with van der Waals surface area (Å²) in [4.78, 5) is 25.1. The van der Waals surface area contributed by atoms with Crippen molar-refractivity contribution in [3.05, 3.63) is 27.9 Å². The van der Waals surface area contributed by atoms with Crippen molar-refractivity contribution in [1.29, 1.82) is 0 Å². The molecule has 1 heterocycles. The maximum atomic E-state index is 10.9. The summed E-state index contributed by atoms with van der Waals surface area (Å²) in [6.45, 7) is 2.19. The molecule has 0 amide bonds. The van der Waals surface area contributed by atoms with Gasteiger partial charge in [0.25, 0.3) is 5.69 Å². The Bertz CT molecular complexity index is 540. The van der Waals surface area contributed by atoms with E-state index < -0.39 is 10.9 Å². The van der Waals surface area contributed by atoms with Gasteiger partial charge in [0.15, 0.2) is 0 Å². The van der Waals surface area contributed by atoms with E-state index in [1.165, 1.54) is 6.20 Å². The Balaban J connectivity index is 2.02. The molecule has 1 aromatic rings. The summed E-state index contributed by atoms with van der Waals surface area (Å²) in [6.07, 6.45) is 4.19. The van der Waals surface area contributed by atoms with E-state index in [4.69, 9.17) is 5.11 Å². The molecule has 0 unspecified atom stereocenters. The normalized spacial score (nSPS) is 16.2. The second-order valence-electron chi connectivity index (χ2n) is 5.39. The van der Waals surface area contributed by atoms with Crippen LogP contribution in [0.2, 0.25) is 0 Å². The Morgan fingerprint density at radius 3 is 2.75 bits per heavy atom. The molecular weight excluding hydrogens is 262 g/mol. The van der Waals surface area contributed by atoms with Gasteiger partial charge in [-0.15, -0.1) is 0 Å². The highest BCUT2D eigenvalue weighted by Gasteiger charge is 2.38. The molecule has 0 saturated heterocycles. The number of hydrogen-bond donors (Lipinski definition) is 2. The number of aryl methyl sites for hydroxylation is 1. The molecule has 0 radical (unpaired) electrons. The fraction of sp³-hybridized carbons (Fsp3) is 0.538. The van der Waals surface area contributed by atoms with Crippen molar-refractivity contribution in [2.45, 2.75) is 32.6 Å². The average molecular weight is 279 g/mol. The first kappa shape index (κ1) is 14.2. The van der Waals surface area contributed by atoms with Gasteiger partial charge in [-0.25, -0.2) is 4.98 Å². The Kier molecular flexibility index (Phi) is 3.87. The predicted molar refractivity (Wildman–Crippen MR) is 72.7 cm³/mol. The number of pyridine rings is 1. The number of anilines is 1. The van der Waals surface area contributed by atoms with Crippen LogP contribution in [0, 0.1) is 22.5 Å². The number of aliphatic carboxylic acids is 1. The molecule has 1 aromatic heterocycles. The van der Waals surface area contributed by atoms with Crippen LogP contribution in [0.15, 0.2) is 12.3 Å². The molecule has 0 aliphatic heterocycles. The third kappa shape index (κ3) is 3.04. The van der Waals surface area contributed by atoms with Gasteiger partial charge >= 0.3 is 5.97 Å². The van der Waals surface area contributed by atoms with Crippen LogP contribution in [-0.2, 0) is 4.79 Å².